The smallest absolute Gasteiger partial charge is 0.129 e. The maximum absolute atomic E-state index is 7.33. The van der Waals surface area contributed by atoms with E-state index in [2.05, 4.69) is 32.1 Å². The Morgan fingerprint density at radius 1 is 1.32 bits per heavy atom. The minimum absolute atomic E-state index is 0.201. The summed E-state index contributed by atoms with van der Waals surface area (Å²) in [4.78, 5) is 9.48. The van der Waals surface area contributed by atoms with E-state index in [9.17, 15) is 0 Å². The van der Waals surface area contributed by atoms with Gasteiger partial charge in [0.1, 0.15) is 11.3 Å². The maximum atomic E-state index is 7.33. The van der Waals surface area contributed by atoms with Crippen LogP contribution in [0.5, 0.6) is 0 Å². The molecule has 146 valence electrons. The lowest BCUT2D eigenvalue weighted by molar-refractivity contribution is 0.0698. The number of benzene rings is 1. The van der Waals surface area contributed by atoms with Crippen LogP contribution in [0.3, 0.4) is 0 Å². The number of nitrogens with zero attached hydrogens (tertiary/aromatic N) is 4. The summed E-state index contributed by atoms with van der Waals surface area (Å²) in [7, 11) is 0. The number of nitrogens with one attached hydrogen (secondary N) is 2. The Morgan fingerprint density at radius 3 is 2.86 bits per heavy atom. The van der Waals surface area contributed by atoms with Gasteiger partial charge in [-0.3, -0.25) is 4.98 Å². The summed E-state index contributed by atoms with van der Waals surface area (Å²) in [6.07, 6.45) is 5.64. The van der Waals surface area contributed by atoms with Crippen molar-refractivity contribution in [3.05, 3.63) is 48.2 Å². The summed E-state index contributed by atoms with van der Waals surface area (Å²) in [6.45, 7) is 6.18. The van der Waals surface area contributed by atoms with Crippen LogP contribution in [0.15, 0.2) is 47.5 Å². The third-order valence-corrected chi connectivity index (χ3v) is 5.28. The predicted octanol–water partition coefficient (Wildman–Crippen LogP) is 4.55. The van der Waals surface area contributed by atoms with E-state index in [1.54, 1.807) is 0 Å². The van der Waals surface area contributed by atoms with Gasteiger partial charge in [0, 0.05) is 30.8 Å². The summed E-state index contributed by atoms with van der Waals surface area (Å²) >= 11 is 0. The summed E-state index contributed by atoms with van der Waals surface area (Å²) < 4.78 is 7.96. The zero-order valence-corrected chi connectivity index (χ0v) is 16.4. The van der Waals surface area contributed by atoms with Crippen LogP contribution in [-0.2, 0) is 11.3 Å². The van der Waals surface area contributed by atoms with Gasteiger partial charge in [-0.15, -0.1) is 0 Å². The van der Waals surface area contributed by atoms with Crippen molar-refractivity contribution in [1.82, 2.24) is 19.9 Å². The molecule has 0 aliphatic carbocycles. The summed E-state index contributed by atoms with van der Waals surface area (Å²) in [5.41, 5.74) is 11.1. The highest BCUT2D eigenvalue weighted by atomic mass is 16.5. The molecule has 0 radical (unpaired) electrons. The van der Waals surface area contributed by atoms with Crippen molar-refractivity contribution in [1.29, 1.82) is 5.53 Å². The molecule has 1 aliphatic rings. The molecule has 4 rings (SSSR count). The molecular formula is C21H26N6O. The van der Waals surface area contributed by atoms with Crippen LogP contribution in [0, 0.1) is 11.4 Å². The van der Waals surface area contributed by atoms with Gasteiger partial charge < -0.3 is 14.6 Å². The van der Waals surface area contributed by atoms with E-state index in [1.165, 1.54) is 0 Å². The number of hydrogen-bond acceptors (Lipinski definition) is 6. The zero-order valence-electron chi connectivity index (χ0n) is 16.4. The molecular weight excluding hydrogens is 352 g/mol. The first-order valence-corrected chi connectivity index (χ1v) is 9.82. The quantitative estimate of drug-likeness (QED) is 0.616. The zero-order chi connectivity index (χ0) is 19.5. The number of imidazole rings is 1. The van der Waals surface area contributed by atoms with Crippen molar-refractivity contribution in [2.24, 2.45) is 11.0 Å². The van der Waals surface area contributed by atoms with Gasteiger partial charge in [0.2, 0.25) is 0 Å². The highest BCUT2D eigenvalue weighted by Gasteiger charge is 2.23. The minimum atomic E-state index is 0.201. The van der Waals surface area contributed by atoms with E-state index >= 15 is 0 Å². The van der Waals surface area contributed by atoms with Crippen LogP contribution in [-0.4, -0.2) is 27.7 Å². The number of fused-ring (bicyclic) bond motifs is 3. The fraction of sp³-hybridized carbons (Fsp3) is 0.429. The van der Waals surface area contributed by atoms with Crippen molar-refractivity contribution in [3.8, 4) is 0 Å². The molecule has 0 saturated carbocycles. The summed E-state index contributed by atoms with van der Waals surface area (Å²) in [5.74, 6) is 1.18. The Morgan fingerprint density at radius 2 is 2.11 bits per heavy atom. The van der Waals surface area contributed by atoms with Crippen LogP contribution in [0.2, 0.25) is 0 Å². The Hall–Kier alpha value is -2.80. The number of rotatable bonds is 6. The minimum Gasteiger partial charge on any atom is -0.382 e. The second kappa shape index (κ2) is 8.06. The molecule has 1 aliphatic heterocycles. The van der Waals surface area contributed by atoms with Gasteiger partial charge in [-0.2, -0.15) is 5.11 Å². The first-order valence-electron chi connectivity index (χ1n) is 9.82. The highest BCUT2D eigenvalue weighted by molar-refractivity contribution is 6.02. The standard InChI is InChI=1S/C21H26N6O/c1-14(2)18(26-22)11-23-13-20-25-19-12-24-17-6-4-3-5-16(17)21(19)27(20)15-7-9-28-10-8-15/h3-6,11-12,14-15,22-23H,7-10,13H2,1-2H3/b18-11-,26-22?. The largest absolute Gasteiger partial charge is 0.382 e. The Balaban J connectivity index is 1.78. The molecule has 1 aromatic carbocycles. The third-order valence-electron chi connectivity index (χ3n) is 5.28. The SMILES string of the molecule is CC(C)/C(=C/NCc1nc2cnc3ccccc3c2n1C1CCOCC1)N=N. The fourth-order valence-corrected chi connectivity index (χ4v) is 3.81. The van der Waals surface area contributed by atoms with Crippen molar-refractivity contribution in [2.75, 3.05) is 13.2 Å². The molecule has 0 atom stereocenters. The molecule has 2 N–H and O–H groups in total. The highest BCUT2D eigenvalue weighted by Crippen LogP contribution is 2.31. The van der Waals surface area contributed by atoms with Gasteiger partial charge in [0.05, 0.1) is 29.5 Å². The lowest BCUT2D eigenvalue weighted by atomic mass is 10.1. The Bertz CT molecular complexity index is 1020. The Labute approximate surface area is 164 Å². The molecule has 3 aromatic rings. The van der Waals surface area contributed by atoms with Crippen molar-refractivity contribution >= 4 is 21.9 Å². The van der Waals surface area contributed by atoms with Gasteiger partial charge in [-0.1, -0.05) is 32.0 Å². The molecule has 2 aromatic heterocycles. The van der Waals surface area contributed by atoms with Crippen LogP contribution < -0.4 is 5.32 Å². The molecule has 0 amide bonds. The van der Waals surface area contributed by atoms with E-state index in [0.717, 1.165) is 59.5 Å². The van der Waals surface area contributed by atoms with Gasteiger partial charge >= 0.3 is 0 Å². The summed E-state index contributed by atoms with van der Waals surface area (Å²) in [6, 6.07) is 8.59. The predicted molar refractivity (Wildman–Crippen MR) is 109 cm³/mol. The van der Waals surface area contributed by atoms with Crippen molar-refractivity contribution in [2.45, 2.75) is 39.3 Å². The number of aromatic nitrogens is 3. The van der Waals surface area contributed by atoms with E-state index in [0.29, 0.717) is 12.6 Å². The first kappa shape index (κ1) is 18.6. The normalized spacial score (nSPS) is 16.2. The third kappa shape index (κ3) is 3.49. The van der Waals surface area contributed by atoms with Gasteiger partial charge in [-0.25, -0.2) is 10.5 Å². The molecule has 0 spiro atoms. The molecule has 1 fully saturated rings. The van der Waals surface area contributed by atoms with E-state index in [-0.39, 0.29) is 5.92 Å². The number of pyridine rings is 1. The van der Waals surface area contributed by atoms with Gasteiger partial charge in [0.15, 0.2) is 0 Å². The lowest BCUT2D eigenvalue weighted by Crippen LogP contribution is -2.23. The molecule has 3 heterocycles. The van der Waals surface area contributed by atoms with Gasteiger partial charge in [0.25, 0.3) is 0 Å². The van der Waals surface area contributed by atoms with Gasteiger partial charge in [-0.05, 0) is 24.8 Å². The number of allylic oxidation sites excluding steroid dienone is 1. The van der Waals surface area contributed by atoms with Crippen molar-refractivity contribution in [3.63, 3.8) is 0 Å². The average Bonchev–Trinajstić information content (AvgIpc) is 3.10. The lowest BCUT2D eigenvalue weighted by Gasteiger charge is -2.26. The monoisotopic (exact) mass is 378 g/mol. The molecule has 7 heteroatoms. The van der Waals surface area contributed by atoms with E-state index < -0.39 is 0 Å². The van der Waals surface area contributed by atoms with Crippen LogP contribution in [0.1, 0.15) is 38.6 Å². The second-order valence-corrected chi connectivity index (χ2v) is 7.47. The topological polar surface area (TPSA) is 88.2 Å². The second-order valence-electron chi connectivity index (χ2n) is 7.47. The average molecular weight is 378 g/mol. The number of para-hydroxylation sites is 1. The van der Waals surface area contributed by atoms with Crippen LogP contribution >= 0.6 is 0 Å². The maximum Gasteiger partial charge on any atom is 0.129 e. The molecule has 0 bridgehead atoms. The molecule has 7 nitrogen and oxygen atoms in total. The molecule has 1 saturated heterocycles. The van der Waals surface area contributed by atoms with E-state index in [4.69, 9.17) is 15.3 Å². The van der Waals surface area contributed by atoms with E-state index in [1.807, 2.05) is 38.4 Å². The summed E-state index contributed by atoms with van der Waals surface area (Å²) in [5, 5.41) is 8.05. The first-order chi connectivity index (χ1) is 13.7. The molecule has 0 unspecified atom stereocenters. The van der Waals surface area contributed by atoms with Crippen molar-refractivity contribution < 1.29 is 4.74 Å². The van der Waals surface area contributed by atoms with Crippen LogP contribution in [0.25, 0.3) is 21.9 Å². The van der Waals surface area contributed by atoms with Crippen LogP contribution in [0.4, 0.5) is 0 Å². The number of hydrogen-bond donors (Lipinski definition) is 2. The Kier molecular flexibility index (Phi) is 5.34. The number of ether oxygens (including phenoxy) is 1. The molecule has 28 heavy (non-hydrogen) atoms. The fourth-order valence-electron chi connectivity index (χ4n) is 3.81.